The monoisotopic (exact) mass is 416 g/mol. The Morgan fingerprint density at radius 3 is 2.61 bits per heavy atom. The van der Waals surface area contributed by atoms with Gasteiger partial charge in [0.05, 0.1) is 18.8 Å². The summed E-state index contributed by atoms with van der Waals surface area (Å²) in [5.74, 6) is -1.47. The van der Waals surface area contributed by atoms with Crippen molar-refractivity contribution in [2.24, 2.45) is 11.8 Å². The fraction of sp³-hybridized carbons (Fsp3) is 0.400. The Morgan fingerprint density at radius 1 is 1.06 bits per heavy atom. The van der Waals surface area contributed by atoms with Crippen molar-refractivity contribution in [2.75, 3.05) is 11.9 Å². The molecule has 4 aliphatic rings. The van der Waals surface area contributed by atoms with Crippen molar-refractivity contribution >= 4 is 23.4 Å². The van der Waals surface area contributed by atoms with E-state index in [4.69, 9.17) is 0 Å². The van der Waals surface area contributed by atoms with Crippen LogP contribution < -0.4 is 10.2 Å². The first-order chi connectivity index (χ1) is 15.0. The van der Waals surface area contributed by atoms with Crippen LogP contribution in [0, 0.1) is 25.7 Å². The molecule has 3 amide bonds. The molecular weight excluding hydrogens is 390 g/mol. The molecule has 31 heavy (non-hydrogen) atoms. The Bertz CT molecular complexity index is 1140. The predicted octanol–water partition coefficient (Wildman–Crippen LogP) is 1.31. The van der Waals surface area contributed by atoms with Gasteiger partial charge in [-0.15, -0.1) is 0 Å². The lowest BCUT2D eigenvalue weighted by Gasteiger charge is -2.33. The largest absolute Gasteiger partial charge is 0.320 e. The van der Waals surface area contributed by atoms with E-state index in [0.29, 0.717) is 0 Å². The number of benzene rings is 2. The summed E-state index contributed by atoms with van der Waals surface area (Å²) in [5.41, 5.74) is 3.81. The smallest absolute Gasteiger partial charge is 0.291 e. The summed E-state index contributed by atoms with van der Waals surface area (Å²) in [4.78, 5) is 43.6. The summed E-state index contributed by atoms with van der Waals surface area (Å²) < 4.78 is 0. The van der Waals surface area contributed by atoms with Gasteiger partial charge in [-0.1, -0.05) is 36.4 Å². The number of carbonyl (C=O) groups excluding carboxylic acids is 3. The Morgan fingerprint density at radius 2 is 1.84 bits per heavy atom. The summed E-state index contributed by atoms with van der Waals surface area (Å²) in [6.07, 6.45) is 1.85. The summed E-state index contributed by atoms with van der Waals surface area (Å²) in [7, 11) is 0. The summed E-state index contributed by atoms with van der Waals surface area (Å²) >= 11 is 0. The number of carbonyl (C=O) groups is 3. The second-order valence-corrected chi connectivity index (χ2v) is 9.47. The average molecular weight is 417 g/mol. The minimum atomic E-state index is -1.00. The Balaban J connectivity index is 1.51. The van der Waals surface area contributed by atoms with Crippen molar-refractivity contribution in [3.63, 3.8) is 0 Å². The number of imide groups is 1. The molecule has 4 heterocycles. The van der Waals surface area contributed by atoms with Gasteiger partial charge in [0.25, 0.3) is 5.91 Å². The number of hydrogen-bond donors (Lipinski definition) is 2. The molecule has 1 spiro atoms. The molecule has 6 nitrogen and oxygen atoms in total. The van der Waals surface area contributed by atoms with E-state index in [-0.39, 0.29) is 30.3 Å². The molecule has 6 heteroatoms. The normalized spacial score (nSPS) is 33.1. The predicted molar refractivity (Wildman–Crippen MR) is 114 cm³/mol. The van der Waals surface area contributed by atoms with Crippen molar-refractivity contribution in [2.45, 2.75) is 44.8 Å². The van der Waals surface area contributed by atoms with E-state index in [9.17, 15) is 14.4 Å². The molecule has 3 saturated heterocycles. The van der Waals surface area contributed by atoms with Gasteiger partial charge in [0.15, 0.2) is 0 Å². The van der Waals surface area contributed by atoms with Gasteiger partial charge >= 0.3 is 0 Å². The number of fused-ring (bicyclic) bond motifs is 7. The topological polar surface area (TPSA) is 70.9 Å². The van der Waals surface area contributed by atoms with Gasteiger partial charge < -0.3 is 10.2 Å². The average Bonchev–Trinajstić information content (AvgIpc) is 3.47. The number of nitrogens with one attached hydrogen (secondary N) is 2. The van der Waals surface area contributed by atoms with Crippen LogP contribution in [0.4, 0.5) is 5.69 Å². The second-order valence-electron chi connectivity index (χ2n) is 9.47. The van der Waals surface area contributed by atoms with Crippen LogP contribution in [0.15, 0.2) is 42.5 Å². The van der Waals surface area contributed by atoms with Crippen LogP contribution in [-0.4, -0.2) is 35.2 Å². The van der Waals surface area contributed by atoms with Crippen LogP contribution in [0.2, 0.25) is 0 Å². The lowest BCUT2D eigenvalue weighted by Crippen LogP contribution is -3.19. The zero-order chi connectivity index (χ0) is 21.5. The van der Waals surface area contributed by atoms with Crippen LogP contribution in [0.3, 0.4) is 0 Å². The van der Waals surface area contributed by atoms with Crippen molar-refractivity contribution in [3.8, 4) is 0 Å². The van der Waals surface area contributed by atoms with E-state index in [1.54, 1.807) is 0 Å². The zero-order valence-electron chi connectivity index (χ0n) is 17.8. The molecule has 1 unspecified atom stereocenters. The number of aryl methyl sites for hydroxylation is 1. The van der Waals surface area contributed by atoms with Crippen LogP contribution in [0.25, 0.3) is 0 Å². The van der Waals surface area contributed by atoms with Crippen molar-refractivity contribution in [1.82, 2.24) is 4.90 Å². The van der Waals surface area contributed by atoms with Crippen LogP contribution in [-0.2, 0) is 26.5 Å². The van der Waals surface area contributed by atoms with Gasteiger partial charge in [-0.25, -0.2) is 0 Å². The van der Waals surface area contributed by atoms with Crippen LogP contribution >= 0.6 is 0 Å². The van der Waals surface area contributed by atoms with E-state index in [0.717, 1.165) is 52.2 Å². The second kappa shape index (κ2) is 6.26. The summed E-state index contributed by atoms with van der Waals surface area (Å²) in [5, 5.41) is 3.12. The third kappa shape index (κ3) is 2.18. The van der Waals surface area contributed by atoms with E-state index in [1.807, 2.05) is 56.3 Å². The van der Waals surface area contributed by atoms with Gasteiger partial charge in [-0.3, -0.25) is 19.3 Å². The maximum atomic E-state index is 13.8. The van der Waals surface area contributed by atoms with E-state index in [2.05, 4.69) is 5.32 Å². The van der Waals surface area contributed by atoms with Crippen LogP contribution in [0.1, 0.15) is 35.1 Å². The molecule has 6 rings (SSSR count). The van der Waals surface area contributed by atoms with Crippen molar-refractivity contribution in [1.29, 1.82) is 0 Å². The molecule has 2 aromatic carbocycles. The molecular formula is C25H26N3O3+. The molecule has 5 atom stereocenters. The van der Waals surface area contributed by atoms with E-state index < -0.39 is 17.4 Å². The fourth-order valence-electron chi connectivity index (χ4n) is 6.76. The summed E-state index contributed by atoms with van der Waals surface area (Å²) in [6, 6.07) is 13.7. The highest BCUT2D eigenvalue weighted by Gasteiger charge is 2.78. The van der Waals surface area contributed by atoms with Crippen molar-refractivity contribution < 1.29 is 19.3 Å². The molecule has 0 bridgehead atoms. The van der Waals surface area contributed by atoms with Gasteiger partial charge in [0.1, 0.15) is 17.9 Å². The SMILES string of the molecule is Cc1ccc2c(c1C)NC(=O)[C@@]21[C@@H]2C(=O)N(Cc3ccccc3)C(=O)[C@@H]2[C@@H]2CCC[NH+]21. The molecule has 3 fully saturated rings. The minimum Gasteiger partial charge on any atom is -0.320 e. The highest BCUT2D eigenvalue weighted by Crippen LogP contribution is 2.52. The summed E-state index contributed by atoms with van der Waals surface area (Å²) in [6.45, 7) is 5.13. The number of likely N-dealkylation sites (tertiary alicyclic amines) is 1. The number of rotatable bonds is 2. The Labute approximate surface area is 181 Å². The third-order valence-corrected chi connectivity index (χ3v) is 8.20. The first-order valence-corrected chi connectivity index (χ1v) is 11.1. The Kier molecular flexibility index (Phi) is 3.79. The highest BCUT2D eigenvalue weighted by molar-refractivity contribution is 6.14. The molecule has 158 valence electrons. The molecule has 4 aliphatic heterocycles. The number of amides is 3. The zero-order valence-corrected chi connectivity index (χ0v) is 17.8. The first kappa shape index (κ1) is 18.8. The van der Waals surface area contributed by atoms with E-state index >= 15 is 0 Å². The third-order valence-electron chi connectivity index (χ3n) is 8.20. The van der Waals surface area contributed by atoms with Gasteiger partial charge in [-0.05, 0) is 36.6 Å². The van der Waals surface area contributed by atoms with Crippen molar-refractivity contribution in [3.05, 3.63) is 64.7 Å². The number of nitrogens with zero attached hydrogens (tertiary/aromatic N) is 1. The molecule has 0 aliphatic carbocycles. The fourth-order valence-corrected chi connectivity index (χ4v) is 6.76. The lowest BCUT2D eigenvalue weighted by atomic mass is 9.75. The highest BCUT2D eigenvalue weighted by atomic mass is 16.2. The maximum Gasteiger partial charge on any atom is 0.291 e. The van der Waals surface area contributed by atoms with Crippen LogP contribution in [0.5, 0.6) is 0 Å². The minimum absolute atomic E-state index is 0.0144. The van der Waals surface area contributed by atoms with Gasteiger partial charge in [-0.2, -0.15) is 0 Å². The number of hydrogen-bond acceptors (Lipinski definition) is 3. The quantitative estimate of drug-likeness (QED) is 0.726. The molecule has 2 aromatic rings. The van der Waals surface area contributed by atoms with Gasteiger partial charge in [0.2, 0.25) is 17.4 Å². The standard InChI is InChI=1S/C25H25N3O3/c1-14-10-11-17-21(15(14)2)26-24(31)25(17)20-19(18-9-6-12-28(18)25)22(29)27(23(20)30)13-16-7-4-3-5-8-16/h3-5,7-8,10-11,18-20H,6,9,12-13H2,1-2H3,(H,26,31)/p+1/t18-,19+,20-,25-/m0/s1. The molecule has 0 saturated carbocycles. The number of anilines is 1. The Hall–Kier alpha value is -2.99. The van der Waals surface area contributed by atoms with E-state index in [1.165, 1.54) is 4.90 Å². The van der Waals surface area contributed by atoms with Gasteiger partial charge in [0, 0.05) is 18.4 Å². The maximum absolute atomic E-state index is 13.8. The molecule has 2 N–H and O–H groups in total. The first-order valence-electron chi connectivity index (χ1n) is 11.1. The lowest BCUT2D eigenvalue weighted by molar-refractivity contribution is -0.948. The number of quaternary nitrogens is 1. The molecule has 0 aromatic heterocycles. The molecule has 0 radical (unpaired) electrons.